The number of carbonyl (C=O) groups is 1. The topological polar surface area (TPSA) is 76.2 Å². The number of benzene rings is 2. The van der Waals surface area contributed by atoms with Gasteiger partial charge in [-0.1, -0.05) is 29.8 Å². The van der Waals surface area contributed by atoms with E-state index in [-0.39, 0.29) is 5.91 Å². The lowest BCUT2D eigenvalue weighted by Gasteiger charge is -2.10. The SMILES string of the molecule is COc1ccc(NC(=O)c2cc(-c3ccc(C)cc3)n[nH]2)c(OC)c1. The Kier molecular flexibility index (Phi) is 4.70. The molecule has 6 nitrogen and oxygen atoms in total. The average molecular weight is 337 g/mol. The van der Waals surface area contributed by atoms with Crippen molar-refractivity contribution < 1.29 is 14.3 Å². The van der Waals surface area contributed by atoms with E-state index in [2.05, 4.69) is 15.5 Å². The highest BCUT2D eigenvalue weighted by atomic mass is 16.5. The van der Waals surface area contributed by atoms with Crippen molar-refractivity contribution in [2.75, 3.05) is 19.5 Å². The second kappa shape index (κ2) is 7.09. The monoisotopic (exact) mass is 337 g/mol. The molecule has 0 aliphatic carbocycles. The van der Waals surface area contributed by atoms with Crippen molar-refractivity contribution in [1.29, 1.82) is 0 Å². The predicted octanol–water partition coefficient (Wildman–Crippen LogP) is 3.65. The highest BCUT2D eigenvalue weighted by Crippen LogP contribution is 2.29. The number of carbonyl (C=O) groups excluding carboxylic acids is 1. The van der Waals surface area contributed by atoms with Gasteiger partial charge in [0.1, 0.15) is 17.2 Å². The van der Waals surface area contributed by atoms with Crippen LogP contribution in [0, 0.1) is 6.92 Å². The zero-order valence-corrected chi connectivity index (χ0v) is 14.3. The fourth-order valence-electron chi connectivity index (χ4n) is 2.40. The van der Waals surface area contributed by atoms with Crippen molar-refractivity contribution in [2.45, 2.75) is 6.92 Å². The van der Waals surface area contributed by atoms with E-state index in [9.17, 15) is 4.79 Å². The molecule has 128 valence electrons. The van der Waals surface area contributed by atoms with Crippen molar-refractivity contribution in [3.8, 4) is 22.8 Å². The standard InChI is InChI=1S/C19H19N3O3/c1-12-4-6-13(7-5-12)16-11-17(22-21-16)19(23)20-15-9-8-14(24-2)10-18(15)25-3/h4-11H,1-3H3,(H,20,23)(H,21,22). The fraction of sp³-hybridized carbons (Fsp3) is 0.158. The molecule has 2 aromatic carbocycles. The molecule has 25 heavy (non-hydrogen) atoms. The lowest BCUT2D eigenvalue weighted by atomic mass is 10.1. The summed E-state index contributed by atoms with van der Waals surface area (Å²) in [6, 6.07) is 14.9. The number of H-pyrrole nitrogens is 1. The molecule has 6 heteroatoms. The number of methoxy groups -OCH3 is 2. The predicted molar refractivity (Wildman–Crippen MR) is 96.3 cm³/mol. The van der Waals surface area contributed by atoms with Crippen molar-refractivity contribution >= 4 is 11.6 Å². The van der Waals surface area contributed by atoms with Gasteiger partial charge in [0, 0.05) is 11.6 Å². The number of hydrogen-bond donors (Lipinski definition) is 2. The van der Waals surface area contributed by atoms with Crippen LogP contribution in [0.3, 0.4) is 0 Å². The Morgan fingerprint density at radius 2 is 1.80 bits per heavy atom. The molecule has 0 unspecified atom stereocenters. The minimum Gasteiger partial charge on any atom is -0.497 e. The van der Waals surface area contributed by atoms with Gasteiger partial charge in [0.15, 0.2) is 0 Å². The second-order valence-corrected chi connectivity index (χ2v) is 5.55. The lowest BCUT2D eigenvalue weighted by molar-refractivity contribution is 0.102. The van der Waals surface area contributed by atoms with E-state index in [0.717, 1.165) is 5.56 Å². The van der Waals surface area contributed by atoms with Gasteiger partial charge < -0.3 is 14.8 Å². The molecule has 0 aliphatic rings. The molecular formula is C19H19N3O3. The summed E-state index contributed by atoms with van der Waals surface area (Å²) in [5.74, 6) is 0.873. The van der Waals surface area contributed by atoms with Crippen LogP contribution in [0.5, 0.6) is 11.5 Å². The second-order valence-electron chi connectivity index (χ2n) is 5.55. The zero-order valence-electron chi connectivity index (χ0n) is 14.3. The van der Waals surface area contributed by atoms with E-state index < -0.39 is 0 Å². The number of nitrogens with one attached hydrogen (secondary N) is 2. The summed E-state index contributed by atoms with van der Waals surface area (Å²) >= 11 is 0. The van der Waals surface area contributed by atoms with Crippen molar-refractivity contribution in [3.63, 3.8) is 0 Å². The largest absolute Gasteiger partial charge is 0.497 e. The molecule has 1 amide bonds. The Morgan fingerprint density at radius 1 is 1.04 bits per heavy atom. The maximum atomic E-state index is 12.5. The van der Waals surface area contributed by atoms with E-state index in [1.54, 1.807) is 31.4 Å². The number of ether oxygens (including phenoxy) is 2. The summed E-state index contributed by atoms with van der Waals surface area (Å²) in [5.41, 5.74) is 3.76. The van der Waals surface area contributed by atoms with Gasteiger partial charge in [0.25, 0.3) is 5.91 Å². The van der Waals surface area contributed by atoms with E-state index in [1.807, 2.05) is 31.2 Å². The number of aromatic amines is 1. The fourth-order valence-corrected chi connectivity index (χ4v) is 2.40. The normalized spacial score (nSPS) is 10.4. The van der Waals surface area contributed by atoms with Crippen LogP contribution in [-0.2, 0) is 0 Å². The van der Waals surface area contributed by atoms with Gasteiger partial charge in [-0.25, -0.2) is 0 Å². The molecule has 0 aliphatic heterocycles. The first-order valence-corrected chi connectivity index (χ1v) is 7.76. The van der Waals surface area contributed by atoms with Gasteiger partial charge in [-0.2, -0.15) is 5.10 Å². The molecule has 2 N–H and O–H groups in total. The van der Waals surface area contributed by atoms with Gasteiger partial charge in [0.2, 0.25) is 0 Å². The van der Waals surface area contributed by atoms with Gasteiger partial charge >= 0.3 is 0 Å². The summed E-state index contributed by atoms with van der Waals surface area (Å²) in [6.45, 7) is 2.02. The Bertz CT molecular complexity index is 885. The Hall–Kier alpha value is -3.28. The molecule has 0 spiro atoms. The van der Waals surface area contributed by atoms with Gasteiger partial charge in [-0.3, -0.25) is 9.89 Å². The highest BCUT2D eigenvalue weighted by molar-refractivity contribution is 6.04. The first kappa shape index (κ1) is 16.6. The van der Waals surface area contributed by atoms with E-state index in [1.165, 1.54) is 12.7 Å². The molecule has 0 saturated carbocycles. The van der Waals surface area contributed by atoms with Crippen LogP contribution >= 0.6 is 0 Å². The molecule has 0 saturated heterocycles. The Balaban J connectivity index is 1.79. The van der Waals surface area contributed by atoms with Crippen molar-refractivity contribution in [3.05, 3.63) is 59.8 Å². The van der Waals surface area contributed by atoms with Crippen LogP contribution < -0.4 is 14.8 Å². The third-order valence-electron chi connectivity index (χ3n) is 3.83. The molecule has 0 radical (unpaired) electrons. The zero-order chi connectivity index (χ0) is 17.8. The molecule has 0 atom stereocenters. The van der Waals surface area contributed by atoms with E-state index in [4.69, 9.17) is 9.47 Å². The van der Waals surface area contributed by atoms with E-state index >= 15 is 0 Å². The van der Waals surface area contributed by atoms with Crippen molar-refractivity contribution in [1.82, 2.24) is 10.2 Å². The first-order valence-electron chi connectivity index (χ1n) is 7.76. The number of aromatic nitrogens is 2. The summed E-state index contributed by atoms with van der Waals surface area (Å²) in [4.78, 5) is 12.5. The third-order valence-corrected chi connectivity index (χ3v) is 3.83. The van der Waals surface area contributed by atoms with E-state index in [0.29, 0.717) is 28.6 Å². The highest BCUT2D eigenvalue weighted by Gasteiger charge is 2.14. The van der Waals surface area contributed by atoms with Crippen LogP contribution in [0.1, 0.15) is 16.1 Å². The lowest BCUT2D eigenvalue weighted by Crippen LogP contribution is -2.13. The van der Waals surface area contributed by atoms with Gasteiger partial charge in [-0.15, -0.1) is 0 Å². The molecule has 0 bridgehead atoms. The maximum absolute atomic E-state index is 12.5. The summed E-state index contributed by atoms with van der Waals surface area (Å²) in [7, 11) is 3.11. The number of nitrogens with zero attached hydrogens (tertiary/aromatic N) is 1. The Labute approximate surface area is 145 Å². The Morgan fingerprint density at radius 3 is 2.48 bits per heavy atom. The van der Waals surface area contributed by atoms with Crippen LogP contribution in [-0.4, -0.2) is 30.3 Å². The van der Waals surface area contributed by atoms with Gasteiger partial charge in [0.05, 0.1) is 25.6 Å². The minimum atomic E-state index is -0.297. The smallest absolute Gasteiger partial charge is 0.273 e. The quantitative estimate of drug-likeness (QED) is 0.745. The van der Waals surface area contributed by atoms with Crippen LogP contribution in [0.25, 0.3) is 11.3 Å². The summed E-state index contributed by atoms with van der Waals surface area (Å²) < 4.78 is 10.4. The minimum absolute atomic E-state index is 0.297. The summed E-state index contributed by atoms with van der Waals surface area (Å²) in [6.07, 6.45) is 0. The molecule has 3 aromatic rings. The number of hydrogen-bond acceptors (Lipinski definition) is 4. The maximum Gasteiger partial charge on any atom is 0.273 e. The van der Waals surface area contributed by atoms with Crippen LogP contribution in [0.2, 0.25) is 0 Å². The number of rotatable bonds is 5. The van der Waals surface area contributed by atoms with Gasteiger partial charge in [-0.05, 0) is 25.1 Å². The number of anilines is 1. The average Bonchev–Trinajstić information content (AvgIpc) is 3.13. The molecule has 3 rings (SSSR count). The van der Waals surface area contributed by atoms with Crippen LogP contribution in [0.4, 0.5) is 5.69 Å². The number of amides is 1. The van der Waals surface area contributed by atoms with Crippen LogP contribution in [0.15, 0.2) is 48.5 Å². The molecule has 0 fully saturated rings. The molecule has 1 heterocycles. The summed E-state index contributed by atoms with van der Waals surface area (Å²) in [5, 5.41) is 9.80. The third kappa shape index (κ3) is 3.63. The first-order chi connectivity index (χ1) is 12.1. The molecular weight excluding hydrogens is 318 g/mol. The van der Waals surface area contributed by atoms with Crippen molar-refractivity contribution in [2.24, 2.45) is 0 Å². The number of aryl methyl sites for hydroxylation is 1. The molecule has 1 aromatic heterocycles.